The largest absolute Gasteiger partial charge is 0.384 e. The summed E-state index contributed by atoms with van der Waals surface area (Å²) in [4.78, 5) is 12.5. The lowest BCUT2D eigenvalue weighted by Gasteiger charge is -2.20. The Kier molecular flexibility index (Phi) is 8.78. The molecule has 0 saturated carbocycles. The van der Waals surface area contributed by atoms with Crippen LogP contribution in [0.4, 0.5) is 17.1 Å². The van der Waals surface area contributed by atoms with Crippen LogP contribution in [-0.2, 0) is 14.8 Å². The number of anilines is 3. The minimum atomic E-state index is -3.62. The summed E-state index contributed by atoms with van der Waals surface area (Å²) < 4.78 is 27.0. The van der Waals surface area contributed by atoms with E-state index in [9.17, 15) is 13.2 Å². The van der Waals surface area contributed by atoms with Gasteiger partial charge in [-0.2, -0.15) is 4.31 Å². The van der Waals surface area contributed by atoms with E-state index in [4.69, 9.17) is 23.2 Å². The summed E-state index contributed by atoms with van der Waals surface area (Å²) in [6.07, 6.45) is 0. The molecule has 0 aliphatic heterocycles. The van der Waals surface area contributed by atoms with Crippen molar-refractivity contribution in [1.29, 1.82) is 0 Å². The molecule has 3 N–H and O–H groups in total. The SMILES string of the molecule is CCNc1ccc(S(=O)(=O)N(CC)CC)cc1NCC(=O)Nc1ccc(Cl)cc1Cl. The van der Waals surface area contributed by atoms with E-state index in [1.807, 2.05) is 6.92 Å². The third-order valence-electron chi connectivity index (χ3n) is 4.35. The van der Waals surface area contributed by atoms with Crippen LogP contribution in [0.5, 0.6) is 0 Å². The third kappa shape index (κ3) is 6.01. The zero-order valence-electron chi connectivity index (χ0n) is 17.1. The number of carbonyl (C=O) groups excluding carboxylic acids is 1. The highest BCUT2D eigenvalue weighted by Gasteiger charge is 2.22. The first-order valence-corrected chi connectivity index (χ1v) is 11.8. The molecule has 0 aliphatic carbocycles. The number of halogens is 2. The maximum Gasteiger partial charge on any atom is 0.243 e. The maximum atomic E-state index is 12.8. The number of rotatable bonds is 10. The van der Waals surface area contributed by atoms with Crippen LogP contribution in [0, 0.1) is 0 Å². The molecular formula is C20H26Cl2N4O3S. The highest BCUT2D eigenvalue weighted by Crippen LogP contribution is 2.28. The molecule has 30 heavy (non-hydrogen) atoms. The van der Waals surface area contributed by atoms with Crippen LogP contribution < -0.4 is 16.0 Å². The van der Waals surface area contributed by atoms with Gasteiger partial charge in [0, 0.05) is 24.7 Å². The number of nitrogens with one attached hydrogen (secondary N) is 3. The first-order chi connectivity index (χ1) is 14.2. The van der Waals surface area contributed by atoms with Crippen LogP contribution in [0.15, 0.2) is 41.3 Å². The lowest BCUT2D eigenvalue weighted by atomic mass is 10.2. The Morgan fingerprint density at radius 1 is 0.933 bits per heavy atom. The van der Waals surface area contributed by atoms with Gasteiger partial charge in [-0.25, -0.2) is 8.42 Å². The molecule has 0 fully saturated rings. The molecule has 0 saturated heterocycles. The highest BCUT2D eigenvalue weighted by molar-refractivity contribution is 7.89. The summed E-state index contributed by atoms with van der Waals surface area (Å²) in [6.45, 7) is 6.83. The van der Waals surface area contributed by atoms with E-state index in [2.05, 4.69) is 16.0 Å². The third-order valence-corrected chi connectivity index (χ3v) is 6.94. The zero-order chi connectivity index (χ0) is 22.3. The molecule has 1 amide bonds. The fraction of sp³-hybridized carbons (Fsp3) is 0.350. The van der Waals surface area contributed by atoms with Crippen molar-refractivity contribution >= 4 is 56.2 Å². The van der Waals surface area contributed by atoms with Crippen molar-refractivity contribution in [2.75, 3.05) is 42.1 Å². The van der Waals surface area contributed by atoms with Crippen LogP contribution in [0.25, 0.3) is 0 Å². The van der Waals surface area contributed by atoms with Gasteiger partial charge in [-0.05, 0) is 43.3 Å². The topological polar surface area (TPSA) is 90.5 Å². The maximum absolute atomic E-state index is 12.8. The Balaban J connectivity index is 2.21. The molecule has 7 nitrogen and oxygen atoms in total. The van der Waals surface area contributed by atoms with E-state index in [0.717, 1.165) is 0 Å². The smallest absolute Gasteiger partial charge is 0.243 e. The second kappa shape index (κ2) is 10.9. The van der Waals surface area contributed by atoms with Gasteiger partial charge in [0.1, 0.15) is 0 Å². The predicted molar refractivity (Wildman–Crippen MR) is 124 cm³/mol. The standard InChI is InChI=1S/C20H26Cl2N4O3S/c1-4-23-18-10-8-15(30(28,29)26(5-2)6-3)12-19(18)24-13-20(27)25-17-9-7-14(21)11-16(17)22/h7-12,23-24H,4-6,13H2,1-3H3,(H,25,27). The Labute approximate surface area is 187 Å². The van der Waals surface area contributed by atoms with E-state index < -0.39 is 10.0 Å². The second-order valence-electron chi connectivity index (χ2n) is 6.35. The molecule has 0 spiro atoms. The van der Waals surface area contributed by atoms with Gasteiger partial charge in [-0.3, -0.25) is 4.79 Å². The normalized spacial score (nSPS) is 11.4. The Morgan fingerprint density at radius 3 is 2.20 bits per heavy atom. The average Bonchev–Trinajstić information content (AvgIpc) is 2.70. The molecule has 0 aromatic heterocycles. The number of benzene rings is 2. The molecule has 2 aromatic rings. The van der Waals surface area contributed by atoms with E-state index in [1.165, 1.54) is 16.4 Å². The first kappa shape index (κ1) is 24.3. The van der Waals surface area contributed by atoms with Crippen LogP contribution in [-0.4, -0.2) is 44.8 Å². The Morgan fingerprint density at radius 2 is 1.60 bits per heavy atom. The fourth-order valence-electron chi connectivity index (χ4n) is 2.85. The Hall–Kier alpha value is -2.00. The van der Waals surface area contributed by atoms with Crippen molar-refractivity contribution < 1.29 is 13.2 Å². The Bertz CT molecular complexity index is 996. The number of carbonyl (C=O) groups is 1. The van der Waals surface area contributed by atoms with Crippen molar-refractivity contribution in [3.8, 4) is 0 Å². The van der Waals surface area contributed by atoms with Gasteiger partial charge in [0.25, 0.3) is 0 Å². The molecule has 0 unspecified atom stereocenters. The molecule has 2 rings (SSSR count). The van der Waals surface area contributed by atoms with Gasteiger partial charge in [0.2, 0.25) is 15.9 Å². The van der Waals surface area contributed by atoms with Crippen molar-refractivity contribution in [3.05, 3.63) is 46.4 Å². The zero-order valence-corrected chi connectivity index (χ0v) is 19.5. The van der Waals surface area contributed by atoms with E-state index in [0.29, 0.717) is 46.7 Å². The molecule has 0 heterocycles. The molecular weight excluding hydrogens is 447 g/mol. The van der Waals surface area contributed by atoms with E-state index in [-0.39, 0.29) is 17.3 Å². The highest BCUT2D eigenvalue weighted by atomic mass is 35.5. The minimum Gasteiger partial charge on any atom is -0.384 e. The van der Waals surface area contributed by atoms with Gasteiger partial charge in [0.05, 0.1) is 33.5 Å². The van der Waals surface area contributed by atoms with E-state index in [1.54, 1.807) is 38.1 Å². The summed E-state index contributed by atoms with van der Waals surface area (Å²) >= 11 is 12.0. The first-order valence-electron chi connectivity index (χ1n) is 9.59. The van der Waals surface area contributed by atoms with Crippen molar-refractivity contribution in [1.82, 2.24) is 4.31 Å². The van der Waals surface area contributed by atoms with Crippen LogP contribution >= 0.6 is 23.2 Å². The van der Waals surface area contributed by atoms with Gasteiger partial charge in [0.15, 0.2) is 0 Å². The summed E-state index contributed by atoms with van der Waals surface area (Å²) in [5.41, 5.74) is 1.66. The quantitative estimate of drug-likeness (QED) is 0.473. The monoisotopic (exact) mass is 472 g/mol. The van der Waals surface area contributed by atoms with Crippen LogP contribution in [0.1, 0.15) is 20.8 Å². The lowest BCUT2D eigenvalue weighted by Crippen LogP contribution is -2.30. The molecule has 2 aromatic carbocycles. The molecule has 0 aliphatic rings. The van der Waals surface area contributed by atoms with Gasteiger partial charge in [-0.1, -0.05) is 37.0 Å². The lowest BCUT2D eigenvalue weighted by molar-refractivity contribution is -0.114. The summed E-state index contributed by atoms with van der Waals surface area (Å²) in [7, 11) is -3.62. The van der Waals surface area contributed by atoms with Gasteiger partial charge >= 0.3 is 0 Å². The van der Waals surface area contributed by atoms with Crippen LogP contribution in [0.2, 0.25) is 10.0 Å². The molecule has 0 atom stereocenters. The summed E-state index contributed by atoms with van der Waals surface area (Å²) in [5, 5.41) is 9.67. The number of nitrogens with zero attached hydrogens (tertiary/aromatic N) is 1. The number of hydrogen-bond acceptors (Lipinski definition) is 5. The minimum absolute atomic E-state index is 0.0773. The molecule has 10 heteroatoms. The second-order valence-corrected chi connectivity index (χ2v) is 9.13. The predicted octanol–water partition coefficient (Wildman–Crippen LogP) is 4.51. The fourth-order valence-corrected chi connectivity index (χ4v) is 4.79. The number of sulfonamides is 1. The van der Waals surface area contributed by atoms with Crippen molar-refractivity contribution in [3.63, 3.8) is 0 Å². The van der Waals surface area contributed by atoms with Gasteiger partial charge in [-0.15, -0.1) is 0 Å². The average molecular weight is 473 g/mol. The van der Waals surface area contributed by atoms with Crippen molar-refractivity contribution in [2.24, 2.45) is 0 Å². The number of amides is 1. The van der Waals surface area contributed by atoms with E-state index >= 15 is 0 Å². The summed E-state index contributed by atoms with van der Waals surface area (Å²) in [5.74, 6) is -0.335. The van der Waals surface area contributed by atoms with Crippen molar-refractivity contribution in [2.45, 2.75) is 25.7 Å². The summed E-state index contributed by atoms with van der Waals surface area (Å²) in [6, 6.07) is 9.57. The number of hydrogen-bond donors (Lipinski definition) is 3. The molecule has 0 radical (unpaired) electrons. The van der Waals surface area contributed by atoms with Gasteiger partial charge < -0.3 is 16.0 Å². The molecule has 0 bridgehead atoms. The molecule has 164 valence electrons. The van der Waals surface area contributed by atoms with Crippen LogP contribution in [0.3, 0.4) is 0 Å².